The fraction of sp³-hybridized carbons (Fsp3) is 0.211. The van der Waals surface area contributed by atoms with Crippen molar-refractivity contribution in [3.63, 3.8) is 0 Å². The van der Waals surface area contributed by atoms with Gasteiger partial charge in [0.15, 0.2) is 0 Å². The molecule has 0 aromatic heterocycles. The minimum absolute atomic E-state index is 0.212. The van der Waals surface area contributed by atoms with Gasteiger partial charge in [0.2, 0.25) is 0 Å². The zero-order valence-corrected chi connectivity index (χ0v) is 15.3. The molecule has 0 saturated carbocycles. The minimum atomic E-state index is -0.873. The molecule has 0 aliphatic heterocycles. The van der Waals surface area contributed by atoms with E-state index in [4.69, 9.17) is 14.2 Å². The van der Waals surface area contributed by atoms with Gasteiger partial charge >= 0.3 is 11.8 Å². The maximum atomic E-state index is 11.8. The van der Waals surface area contributed by atoms with Crippen LogP contribution in [0.1, 0.15) is 11.1 Å². The lowest BCUT2D eigenvalue weighted by Crippen LogP contribution is -2.37. The molecule has 8 heteroatoms. The van der Waals surface area contributed by atoms with Gasteiger partial charge in [0.05, 0.1) is 27.5 Å². The Morgan fingerprint density at radius 2 is 1.59 bits per heavy atom. The summed E-state index contributed by atoms with van der Waals surface area (Å²) in [5.41, 5.74) is 3.60. The van der Waals surface area contributed by atoms with E-state index >= 15 is 0 Å². The number of ether oxygens (including phenoxy) is 3. The van der Waals surface area contributed by atoms with Crippen LogP contribution in [-0.2, 0) is 16.1 Å². The topological polar surface area (TPSA) is 98.2 Å². The summed E-state index contributed by atoms with van der Waals surface area (Å²) in [5, 5.41) is 6.30. The van der Waals surface area contributed by atoms with Gasteiger partial charge in [-0.25, -0.2) is 5.43 Å². The number of nitrogens with zero attached hydrogens (tertiary/aromatic N) is 1. The molecule has 0 atom stereocenters. The molecule has 2 rings (SSSR count). The number of carbonyl (C=O) groups is 2. The fourth-order valence-electron chi connectivity index (χ4n) is 2.16. The van der Waals surface area contributed by atoms with Crippen LogP contribution < -0.4 is 25.0 Å². The van der Waals surface area contributed by atoms with E-state index in [1.54, 1.807) is 49.6 Å². The molecule has 142 valence electrons. The Kier molecular flexibility index (Phi) is 7.18. The largest absolute Gasteiger partial charge is 0.497 e. The zero-order chi connectivity index (χ0) is 19.6. The van der Waals surface area contributed by atoms with Crippen molar-refractivity contribution in [2.24, 2.45) is 5.10 Å². The molecule has 2 N–H and O–H groups in total. The highest BCUT2D eigenvalue weighted by Gasteiger charge is 2.12. The maximum Gasteiger partial charge on any atom is 0.329 e. The predicted molar refractivity (Wildman–Crippen MR) is 100 cm³/mol. The SMILES string of the molecule is COc1ccc(CNC(=O)C(=O)N/N=C/c2cc(OC)ccc2OC)cc1. The fourth-order valence-corrected chi connectivity index (χ4v) is 2.16. The number of hydrazone groups is 1. The summed E-state index contributed by atoms with van der Waals surface area (Å²) in [5.74, 6) is 0.214. The van der Waals surface area contributed by atoms with E-state index in [1.807, 2.05) is 0 Å². The molecule has 0 heterocycles. The van der Waals surface area contributed by atoms with Crippen molar-refractivity contribution in [1.82, 2.24) is 10.7 Å². The Bertz CT molecular complexity index is 819. The molecule has 2 amide bonds. The zero-order valence-electron chi connectivity index (χ0n) is 15.3. The molecule has 0 saturated heterocycles. The van der Waals surface area contributed by atoms with Crippen LogP contribution in [-0.4, -0.2) is 39.4 Å². The number of benzene rings is 2. The van der Waals surface area contributed by atoms with Gasteiger partial charge in [0.25, 0.3) is 0 Å². The highest BCUT2D eigenvalue weighted by Crippen LogP contribution is 2.22. The van der Waals surface area contributed by atoms with Crippen molar-refractivity contribution < 1.29 is 23.8 Å². The lowest BCUT2D eigenvalue weighted by atomic mass is 10.2. The van der Waals surface area contributed by atoms with E-state index in [2.05, 4.69) is 15.8 Å². The summed E-state index contributed by atoms with van der Waals surface area (Å²) >= 11 is 0. The number of hydrogen-bond acceptors (Lipinski definition) is 6. The average Bonchev–Trinajstić information content (AvgIpc) is 2.72. The van der Waals surface area contributed by atoms with Gasteiger partial charge in [-0.05, 0) is 35.9 Å². The lowest BCUT2D eigenvalue weighted by Gasteiger charge is -2.07. The first-order chi connectivity index (χ1) is 13.1. The molecule has 0 fully saturated rings. The Morgan fingerprint density at radius 1 is 0.926 bits per heavy atom. The molecule has 0 aliphatic rings. The first-order valence-corrected chi connectivity index (χ1v) is 8.03. The van der Waals surface area contributed by atoms with Gasteiger partial charge in [-0.1, -0.05) is 12.1 Å². The van der Waals surface area contributed by atoms with Crippen LogP contribution in [0.3, 0.4) is 0 Å². The third kappa shape index (κ3) is 5.74. The van der Waals surface area contributed by atoms with Crippen LogP contribution in [0.2, 0.25) is 0 Å². The average molecular weight is 371 g/mol. The van der Waals surface area contributed by atoms with Crippen molar-refractivity contribution in [2.45, 2.75) is 6.54 Å². The summed E-state index contributed by atoms with van der Waals surface area (Å²) in [6, 6.07) is 12.3. The van der Waals surface area contributed by atoms with E-state index in [0.29, 0.717) is 22.8 Å². The van der Waals surface area contributed by atoms with Gasteiger partial charge in [-0.3, -0.25) is 9.59 Å². The standard InChI is InChI=1S/C19H21N3O5/c1-25-15-6-4-13(5-7-15)11-20-18(23)19(24)22-21-12-14-10-16(26-2)8-9-17(14)27-3/h4-10,12H,11H2,1-3H3,(H,20,23)(H,22,24)/b21-12+. The van der Waals surface area contributed by atoms with Gasteiger partial charge in [-0.15, -0.1) is 0 Å². The normalized spacial score (nSPS) is 10.3. The van der Waals surface area contributed by atoms with E-state index < -0.39 is 11.8 Å². The summed E-state index contributed by atoms with van der Waals surface area (Å²) in [4.78, 5) is 23.7. The highest BCUT2D eigenvalue weighted by atomic mass is 16.5. The van der Waals surface area contributed by atoms with Crippen LogP contribution in [0.5, 0.6) is 17.2 Å². The third-order valence-electron chi connectivity index (χ3n) is 3.62. The first-order valence-electron chi connectivity index (χ1n) is 8.03. The van der Waals surface area contributed by atoms with Crippen LogP contribution in [0, 0.1) is 0 Å². The summed E-state index contributed by atoms with van der Waals surface area (Å²) in [7, 11) is 4.63. The second-order valence-electron chi connectivity index (χ2n) is 5.34. The summed E-state index contributed by atoms with van der Waals surface area (Å²) in [6.07, 6.45) is 1.37. The van der Waals surface area contributed by atoms with Crippen molar-refractivity contribution >= 4 is 18.0 Å². The van der Waals surface area contributed by atoms with Gasteiger partial charge in [-0.2, -0.15) is 5.10 Å². The van der Waals surface area contributed by atoms with E-state index in [0.717, 1.165) is 5.56 Å². The number of amides is 2. The minimum Gasteiger partial charge on any atom is -0.497 e. The highest BCUT2D eigenvalue weighted by molar-refractivity contribution is 6.35. The maximum absolute atomic E-state index is 11.8. The molecule has 0 unspecified atom stereocenters. The number of rotatable bonds is 7. The van der Waals surface area contributed by atoms with E-state index in [-0.39, 0.29) is 6.54 Å². The molecule has 27 heavy (non-hydrogen) atoms. The van der Waals surface area contributed by atoms with Gasteiger partial charge < -0.3 is 19.5 Å². The Balaban J connectivity index is 1.88. The molecule has 0 radical (unpaired) electrons. The van der Waals surface area contributed by atoms with Crippen LogP contribution in [0.15, 0.2) is 47.6 Å². The quantitative estimate of drug-likeness (QED) is 0.436. The Morgan fingerprint density at radius 3 is 2.22 bits per heavy atom. The van der Waals surface area contributed by atoms with Crippen molar-refractivity contribution in [1.29, 1.82) is 0 Å². The van der Waals surface area contributed by atoms with Crippen molar-refractivity contribution in [3.8, 4) is 17.2 Å². The third-order valence-corrected chi connectivity index (χ3v) is 3.62. The number of hydrogen-bond donors (Lipinski definition) is 2. The van der Waals surface area contributed by atoms with E-state index in [9.17, 15) is 9.59 Å². The summed E-state index contributed by atoms with van der Waals surface area (Å²) < 4.78 is 15.4. The van der Waals surface area contributed by atoms with Crippen LogP contribution >= 0.6 is 0 Å². The number of nitrogens with one attached hydrogen (secondary N) is 2. The van der Waals surface area contributed by atoms with Gasteiger partial charge in [0.1, 0.15) is 17.2 Å². The molecule has 2 aromatic carbocycles. The smallest absolute Gasteiger partial charge is 0.329 e. The monoisotopic (exact) mass is 371 g/mol. The van der Waals surface area contributed by atoms with Crippen molar-refractivity contribution in [2.75, 3.05) is 21.3 Å². The first kappa shape index (κ1) is 19.8. The number of methoxy groups -OCH3 is 3. The van der Waals surface area contributed by atoms with Gasteiger partial charge in [0, 0.05) is 12.1 Å². The molecule has 0 bridgehead atoms. The van der Waals surface area contributed by atoms with E-state index in [1.165, 1.54) is 20.4 Å². The number of carbonyl (C=O) groups excluding carboxylic acids is 2. The van der Waals surface area contributed by atoms with Crippen LogP contribution in [0.25, 0.3) is 0 Å². The molecule has 2 aromatic rings. The summed E-state index contributed by atoms with van der Waals surface area (Å²) in [6.45, 7) is 0.212. The molecular formula is C19H21N3O5. The molecule has 8 nitrogen and oxygen atoms in total. The second-order valence-corrected chi connectivity index (χ2v) is 5.34. The molecule has 0 spiro atoms. The van der Waals surface area contributed by atoms with Crippen molar-refractivity contribution in [3.05, 3.63) is 53.6 Å². The van der Waals surface area contributed by atoms with Crippen LogP contribution in [0.4, 0.5) is 0 Å². The lowest BCUT2D eigenvalue weighted by molar-refractivity contribution is -0.139. The Labute approximate surface area is 157 Å². The second kappa shape index (κ2) is 9.81. The Hall–Kier alpha value is -3.55. The predicted octanol–water partition coefficient (Wildman–Crippen LogP) is 1.48. The molecule has 0 aliphatic carbocycles. The molecular weight excluding hydrogens is 350 g/mol.